The number of imidazole rings is 1. The predicted octanol–water partition coefficient (Wildman–Crippen LogP) is 2.85. The number of nitrogens with one attached hydrogen (secondary N) is 1. The van der Waals surface area contributed by atoms with Crippen LogP contribution in [0.3, 0.4) is 0 Å². The van der Waals surface area contributed by atoms with E-state index >= 15 is 0 Å². The maximum atomic E-state index is 12.4. The van der Waals surface area contributed by atoms with E-state index in [1.807, 2.05) is 49.4 Å². The monoisotopic (exact) mass is 286 g/mol. The second-order valence-electron chi connectivity index (χ2n) is 4.81. The molecule has 0 saturated heterocycles. The number of nitrogens with zero attached hydrogens (tertiary/aromatic N) is 1. The van der Waals surface area contributed by atoms with Crippen LogP contribution in [0.2, 0.25) is 0 Å². The molecular formula is C15H14N2O2S. The predicted molar refractivity (Wildman–Crippen MR) is 78.2 cm³/mol. The summed E-state index contributed by atoms with van der Waals surface area (Å²) < 4.78 is 24.8. The smallest absolute Gasteiger partial charge is 0.226 e. The molecule has 0 radical (unpaired) electrons. The standard InChI is InChI=1S/C15H14N2O2S/c1-11-5-4-6-12(9-11)10-20(18,19)15-16-13-7-2-3-8-14(13)17-15/h2-9H,10H2,1H3,(H,16,17). The number of sulfone groups is 1. The minimum absolute atomic E-state index is 0.0280. The zero-order valence-electron chi connectivity index (χ0n) is 11.0. The quantitative estimate of drug-likeness (QED) is 0.805. The summed E-state index contributed by atoms with van der Waals surface area (Å²) in [6.07, 6.45) is 0. The number of hydrogen-bond acceptors (Lipinski definition) is 3. The van der Waals surface area contributed by atoms with E-state index in [0.29, 0.717) is 5.52 Å². The van der Waals surface area contributed by atoms with Crippen LogP contribution in [0.15, 0.2) is 53.7 Å². The van der Waals surface area contributed by atoms with Gasteiger partial charge in [-0.2, -0.15) is 0 Å². The summed E-state index contributed by atoms with van der Waals surface area (Å²) in [5, 5.41) is 0.0280. The van der Waals surface area contributed by atoms with Crippen LogP contribution in [0.5, 0.6) is 0 Å². The molecule has 0 saturated carbocycles. The maximum Gasteiger partial charge on any atom is 0.226 e. The molecule has 0 unspecified atom stereocenters. The molecule has 0 fully saturated rings. The molecule has 0 aliphatic rings. The molecule has 5 heteroatoms. The van der Waals surface area contributed by atoms with Crippen LogP contribution < -0.4 is 0 Å². The van der Waals surface area contributed by atoms with Crippen molar-refractivity contribution in [3.8, 4) is 0 Å². The number of aromatic nitrogens is 2. The largest absolute Gasteiger partial charge is 0.329 e. The molecule has 0 spiro atoms. The summed E-state index contributed by atoms with van der Waals surface area (Å²) in [5.74, 6) is -0.0471. The van der Waals surface area contributed by atoms with Gasteiger partial charge in [0.25, 0.3) is 0 Å². The van der Waals surface area contributed by atoms with E-state index in [-0.39, 0.29) is 10.9 Å². The van der Waals surface area contributed by atoms with E-state index in [2.05, 4.69) is 9.97 Å². The van der Waals surface area contributed by atoms with Crippen molar-refractivity contribution in [3.05, 3.63) is 59.7 Å². The fourth-order valence-corrected chi connectivity index (χ4v) is 3.42. The Morgan fingerprint density at radius 2 is 1.90 bits per heavy atom. The molecule has 1 heterocycles. The third kappa shape index (κ3) is 2.44. The molecule has 1 aromatic heterocycles. The van der Waals surface area contributed by atoms with Crippen LogP contribution in [0.1, 0.15) is 11.1 Å². The second-order valence-corrected chi connectivity index (χ2v) is 6.71. The molecule has 0 aliphatic carbocycles. The Labute approximate surface area is 117 Å². The van der Waals surface area contributed by atoms with Gasteiger partial charge in [0.1, 0.15) is 0 Å². The van der Waals surface area contributed by atoms with E-state index < -0.39 is 9.84 Å². The van der Waals surface area contributed by atoms with Crippen LogP contribution in [0.4, 0.5) is 0 Å². The summed E-state index contributed by atoms with van der Waals surface area (Å²) in [7, 11) is -3.46. The van der Waals surface area contributed by atoms with Gasteiger partial charge in [0.2, 0.25) is 15.0 Å². The van der Waals surface area contributed by atoms with Crippen molar-refractivity contribution in [1.29, 1.82) is 0 Å². The Kier molecular flexibility index (Phi) is 3.06. The highest BCUT2D eigenvalue weighted by molar-refractivity contribution is 7.90. The molecule has 20 heavy (non-hydrogen) atoms. The number of benzene rings is 2. The highest BCUT2D eigenvalue weighted by Crippen LogP contribution is 2.18. The van der Waals surface area contributed by atoms with E-state index in [1.54, 1.807) is 6.07 Å². The van der Waals surface area contributed by atoms with Crippen LogP contribution in [-0.4, -0.2) is 18.4 Å². The van der Waals surface area contributed by atoms with Crippen molar-refractivity contribution in [2.75, 3.05) is 0 Å². The number of fused-ring (bicyclic) bond motifs is 1. The van der Waals surface area contributed by atoms with Crippen molar-refractivity contribution in [1.82, 2.24) is 9.97 Å². The van der Waals surface area contributed by atoms with Crippen molar-refractivity contribution in [3.63, 3.8) is 0 Å². The first kappa shape index (κ1) is 12.9. The SMILES string of the molecule is Cc1cccc(CS(=O)(=O)c2nc3ccccc3[nH]2)c1. The zero-order chi connectivity index (χ0) is 14.2. The fourth-order valence-electron chi connectivity index (χ4n) is 2.17. The number of aryl methyl sites for hydroxylation is 1. The summed E-state index contributed by atoms with van der Waals surface area (Å²) in [6, 6.07) is 14.8. The van der Waals surface area contributed by atoms with Crippen LogP contribution in [0.25, 0.3) is 11.0 Å². The maximum absolute atomic E-state index is 12.4. The number of para-hydroxylation sites is 2. The lowest BCUT2D eigenvalue weighted by Crippen LogP contribution is -2.07. The summed E-state index contributed by atoms with van der Waals surface area (Å²) in [5.41, 5.74) is 3.21. The molecule has 0 atom stereocenters. The molecule has 0 aliphatic heterocycles. The number of hydrogen-bond donors (Lipinski definition) is 1. The molecule has 3 aromatic rings. The van der Waals surface area contributed by atoms with Gasteiger partial charge < -0.3 is 4.98 Å². The molecular weight excluding hydrogens is 272 g/mol. The lowest BCUT2D eigenvalue weighted by molar-refractivity contribution is 0.588. The van der Waals surface area contributed by atoms with E-state index in [4.69, 9.17) is 0 Å². The van der Waals surface area contributed by atoms with Crippen molar-refractivity contribution >= 4 is 20.9 Å². The number of H-pyrrole nitrogens is 1. The third-order valence-electron chi connectivity index (χ3n) is 3.10. The first-order valence-corrected chi connectivity index (χ1v) is 7.93. The van der Waals surface area contributed by atoms with E-state index in [0.717, 1.165) is 16.6 Å². The molecule has 0 bridgehead atoms. The number of rotatable bonds is 3. The van der Waals surface area contributed by atoms with Crippen molar-refractivity contribution in [2.45, 2.75) is 17.8 Å². The Balaban J connectivity index is 1.99. The van der Waals surface area contributed by atoms with Crippen LogP contribution in [-0.2, 0) is 15.6 Å². The van der Waals surface area contributed by atoms with Gasteiger partial charge in [0, 0.05) is 0 Å². The molecule has 0 amide bonds. The minimum Gasteiger partial charge on any atom is -0.329 e. The van der Waals surface area contributed by atoms with Gasteiger partial charge in [-0.05, 0) is 24.6 Å². The minimum atomic E-state index is -3.46. The Morgan fingerprint density at radius 3 is 2.65 bits per heavy atom. The molecule has 102 valence electrons. The Bertz CT molecular complexity index is 833. The van der Waals surface area contributed by atoms with Gasteiger partial charge in [-0.25, -0.2) is 13.4 Å². The molecule has 3 rings (SSSR count). The lowest BCUT2D eigenvalue weighted by Gasteiger charge is -2.02. The van der Waals surface area contributed by atoms with Gasteiger partial charge in [0.05, 0.1) is 16.8 Å². The first-order valence-electron chi connectivity index (χ1n) is 6.28. The van der Waals surface area contributed by atoms with Gasteiger partial charge in [-0.15, -0.1) is 0 Å². The average molecular weight is 286 g/mol. The topological polar surface area (TPSA) is 62.8 Å². The third-order valence-corrected chi connectivity index (χ3v) is 4.60. The molecule has 2 aromatic carbocycles. The summed E-state index contributed by atoms with van der Waals surface area (Å²) in [6.45, 7) is 1.94. The van der Waals surface area contributed by atoms with E-state index in [9.17, 15) is 8.42 Å². The normalized spacial score (nSPS) is 11.8. The van der Waals surface area contributed by atoms with Crippen LogP contribution >= 0.6 is 0 Å². The molecule has 1 N–H and O–H groups in total. The summed E-state index contributed by atoms with van der Waals surface area (Å²) in [4.78, 5) is 7.03. The highest BCUT2D eigenvalue weighted by atomic mass is 32.2. The van der Waals surface area contributed by atoms with Gasteiger partial charge in [0.15, 0.2) is 0 Å². The van der Waals surface area contributed by atoms with Crippen molar-refractivity contribution in [2.24, 2.45) is 0 Å². The van der Waals surface area contributed by atoms with Gasteiger partial charge in [-0.3, -0.25) is 0 Å². The average Bonchev–Trinajstić information content (AvgIpc) is 2.82. The number of aromatic amines is 1. The fraction of sp³-hybridized carbons (Fsp3) is 0.133. The van der Waals surface area contributed by atoms with Crippen LogP contribution in [0, 0.1) is 6.92 Å². The van der Waals surface area contributed by atoms with Gasteiger partial charge in [-0.1, -0.05) is 42.0 Å². The van der Waals surface area contributed by atoms with Crippen molar-refractivity contribution < 1.29 is 8.42 Å². The zero-order valence-corrected chi connectivity index (χ0v) is 11.8. The Morgan fingerprint density at radius 1 is 1.10 bits per heavy atom. The van der Waals surface area contributed by atoms with Gasteiger partial charge >= 0.3 is 0 Å². The van der Waals surface area contributed by atoms with E-state index in [1.165, 1.54) is 0 Å². The summed E-state index contributed by atoms with van der Waals surface area (Å²) >= 11 is 0. The molecule has 4 nitrogen and oxygen atoms in total. The first-order chi connectivity index (χ1) is 9.54. The highest BCUT2D eigenvalue weighted by Gasteiger charge is 2.19. The lowest BCUT2D eigenvalue weighted by atomic mass is 10.2. The Hall–Kier alpha value is -2.14. The second kappa shape index (κ2) is 4.76.